The molecule has 33 heavy (non-hydrogen) atoms. The lowest BCUT2D eigenvalue weighted by Crippen LogP contribution is -2.18. The van der Waals surface area contributed by atoms with Crippen molar-refractivity contribution in [2.24, 2.45) is 0 Å². The van der Waals surface area contributed by atoms with E-state index in [0.717, 1.165) is 22.5 Å². The summed E-state index contributed by atoms with van der Waals surface area (Å²) in [6.07, 6.45) is 3.31. The summed E-state index contributed by atoms with van der Waals surface area (Å²) in [5.74, 6) is -0.556. The molecule has 0 saturated heterocycles. The van der Waals surface area contributed by atoms with Gasteiger partial charge >= 0.3 is 5.97 Å². The van der Waals surface area contributed by atoms with Crippen LogP contribution in [-0.4, -0.2) is 21.0 Å². The van der Waals surface area contributed by atoms with Gasteiger partial charge in [0, 0.05) is 29.7 Å². The fraction of sp³-hybridized carbons (Fsp3) is 0.200. The fourth-order valence-electron chi connectivity index (χ4n) is 4.24. The van der Waals surface area contributed by atoms with Crippen LogP contribution in [0, 0.1) is 6.92 Å². The summed E-state index contributed by atoms with van der Waals surface area (Å²) in [7, 11) is 0. The van der Waals surface area contributed by atoms with Crippen molar-refractivity contribution < 1.29 is 14.3 Å². The second-order valence-electron chi connectivity index (χ2n) is 8.20. The largest absolute Gasteiger partial charge is 0.478 e. The van der Waals surface area contributed by atoms with E-state index in [4.69, 9.17) is 4.42 Å². The lowest BCUT2D eigenvalue weighted by atomic mass is 10.0. The Labute approximate surface area is 189 Å². The standard InChI is InChI=1S/C25H22N4O4/c1-14-9-17(15(2)28-19-6-4-3-5-16(19)25(31)32)24-18(10-14)22(30)11-23(33-24)29-12-20-21(13-29)27-8-7-26-20/h3-11,15,28H,12-13H2,1-2H3,(H,31,32)/t15-/m1/s1. The normalized spacial score (nSPS) is 13.7. The number of aromatic nitrogens is 2. The van der Waals surface area contributed by atoms with E-state index in [-0.39, 0.29) is 17.0 Å². The lowest BCUT2D eigenvalue weighted by Gasteiger charge is -2.21. The predicted molar refractivity (Wildman–Crippen MR) is 125 cm³/mol. The first kappa shape index (κ1) is 20.7. The quantitative estimate of drug-likeness (QED) is 0.471. The average Bonchev–Trinajstić information content (AvgIpc) is 3.23. The molecule has 1 aliphatic heterocycles. The van der Waals surface area contributed by atoms with Crippen molar-refractivity contribution in [1.29, 1.82) is 0 Å². The van der Waals surface area contributed by atoms with Crippen LogP contribution >= 0.6 is 0 Å². The van der Waals surface area contributed by atoms with Crippen LogP contribution in [0.15, 0.2) is 64.1 Å². The van der Waals surface area contributed by atoms with E-state index in [9.17, 15) is 14.7 Å². The van der Waals surface area contributed by atoms with Gasteiger partial charge in [0.05, 0.1) is 41.5 Å². The van der Waals surface area contributed by atoms with Crippen LogP contribution in [0.5, 0.6) is 0 Å². The van der Waals surface area contributed by atoms with Crippen LogP contribution in [0.2, 0.25) is 0 Å². The Balaban J connectivity index is 1.57. The van der Waals surface area contributed by atoms with Crippen molar-refractivity contribution >= 4 is 28.5 Å². The number of aromatic carboxylic acids is 1. The number of aryl methyl sites for hydroxylation is 1. The first-order valence-electron chi connectivity index (χ1n) is 10.6. The Morgan fingerprint density at radius 3 is 2.52 bits per heavy atom. The van der Waals surface area contributed by atoms with Gasteiger partial charge in [-0.1, -0.05) is 18.2 Å². The molecule has 0 unspecified atom stereocenters. The van der Waals surface area contributed by atoms with Crippen molar-refractivity contribution in [2.75, 3.05) is 10.2 Å². The van der Waals surface area contributed by atoms with Crippen LogP contribution in [-0.2, 0) is 13.1 Å². The summed E-state index contributed by atoms with van der Waals surface area (Å²) in [6.45, 7) is 4.86. The number of benzene rings is 2. The molecule has 1 aliphatic rings. The number of anilines is 2. The zero-order chi connectivity index (χ0) is 23.1. The van der Waals surface area contributed by atoms with E-state index >= 15 is 0 Å². The van der Waals surface area contributed by atoms with Gasteiger partial charge in [-0.15, -0.1) is 0 Å². The highest BCUT2D eigenvalue weighted by Gasteiger charge is 2.25. The number of fused-ring (bicyclic) bond motifs is 2. The minimum atomic E-state index is -1.01. The zero-order valence-electron chi connectivity index (χ0n) is 18.2. The number of carboxylic acids is 1. The topological polar surface area (TPSA) is 109 Å². The van der Waals surface area contributed by atoms with Gasteiger partial charge in [-0.3, -0.25) is 14.8 Å². The number of nitrogens with one attached hydrogen (secondary N) is 1. The van der Waals surface area contributed by atoms with Crippen molar-refractivity contribution in [3.05, 3.63) is 93.2 Å². The third kappa shape index (κ3) is 3.80. The first-order chi connectivity index (χ1) is 15.9. The van der Waals surface area contributed by atoms with Gasteiger partial charge in [0.2, 0.25) is 5.88 Å². The van der Waals surface area contributed by atoms with Gasteiger partial charge in [0.1, 0.15) is 5.58 Å². The zero-order valence-corrected chi connectivity index (χ0v) is 18.2. The minimum absolute atomic E-state index is 0.133. The summed E-state index contributed by atoms with van der Waals surface area (Å²) in [6, 6.07) is 11.7. The second-order valence-corrected chi connectivity index (χ2v) is 8.20. The average molecular weight is 442 g/mol. The molecule has 2 aromatic carbocycles. The van der Waals surface area contributed by atoms with Crippen molar-refractivity contribution in [2.45, 2.75) is 33.0 Å². The Morgan fingerprint density at radius 1 is 1.12 bits per heavy atom. The van der Waals surface area contributed by atoms with E-state index in [1.807, 2.05) is 30.9 Å². The van der Waals surface area contributed by atoms with Gasteiger partial charge in [-0.25, -0.2) is 4.79 Å². The highest BCUT2D eigenvalue weighted by atomic mass is 16.4. The van der Waals surface area contributed by atoms with Crippen LogP contribution < -0.4 is 15.6 Å². The number of carbonyl (C=O) groups is 1. The van der Waals surface area contributed by atoms with E-state index < -0.39 is 5.97 Å². The van der Waals surface area contributed by atoms with Gasteiger partial charge in [-0.05, 0) is 37.6 Å². The summed E-state index contributed by atoms with van der Waals surface area (Å²) in [5.41, 5.74) is 4.45. The SMILES string of the molecule is Cc1cc([C@@H](C)Nc2ccccc2C(=O)O)c2oc(N3Cc4nccnc4C3)cc(=O)c2c1. The Morgan fingerprint density at radius 2 is 1.82 bits per heavy atom. The molecule has 2 aromatic heterocycles. The van der Waals surface area contributed by atoms with E-state index in [1.54, 1.807) is 36.7 Å². The van der Waals surface area contributed by atoms with E-state index in [0.29, 0.717) is 35.6 Å². The molecule has 1 atom stereocenters. The smallest absolute Gasteiger partial charge is 0.337 e. The van der Waals surface area contributed by atoms with Crippen molar-refractivity contribution in [3.8, 4) is 0 Å². The molecule has 0 radical (unpaired) electrons. The molecular formula is C25H22N4O4. The molecule has 0 fully saturated rings. The molecule has 8 nitrogen and oxygen atoms in total. The Bertz CT molecular complexity index is 1420. The van der Waals surface area contributed by atoms with Crippen LogP contribution in [0.25, 0.3) is 11.0 Å². The first-order valence-corrected chi connectivity index (χ1v) is 10.6. The lowest BCUT2D eigenvalue weighted by molar-refractivity contribution is 0.0698. The highest BCUT2D eigenvalue weighted by molar-refractivity contribution is 5.94. The number of nitrogens with zero attached hydrogens (tertiary/aromatic N) is 3. The molecule has 166 valence electrons. The summed E-state index contributed by atoms with van der Waals surface area (Å²) in [5, 5.41) is 13.3. The maximum atomic E-state index is 13.0. The summed E-state index contributed by atoms with van der Waals surface area (Å²) >= 11 is 0. The van der Waals surface area contributed by atoms with Gasteiger partial charge in [-0.2, -0.15) is 0 Å². The summed E-state index contributed by atoms with van der Waals surface area (Å²) in [4.78, 5) is 35.3. The van der Waals surface area contributed by atoms with Gasteiger partial charge in [0.25, 0.3) is 0 Å². The molecule has 2 N–H and O–H groups in total. The fourth-order valence-corrected chi connectivity index (χ4v) is 4.24. The molecule has 8 heteroatoms. The maximum Gasteiger partial charge on any atom is 0.337 e. The molecule has 5 rings (SSSR count). The molecule has 3 heterocycles. The minimum Gasteiger partial charge on any atom is -0.478 e. The van der Waals surface area contributed by atoms with Gasteiger partial charge < -0.3 is 19.7 Å². The third-order valence-corrected chi connectivity index (χ3v) is 5.84. The highest BCUT2D eigenvalue weighted by Crippen LogP contribution is 2.32. The van der Waals surface area contributed by atoms with E-state index in [1.165, 1.54) is 6.07 Å². The molecule has 0 saturated carbocycles. The van der Waals surface area contributed by atoms with Crippen LogP contribution in [0.1, 0.15) is 45.8 Å². The van der Waals surface area contributed by atoms with Crippen LogP contribution in [0.4, 0.5) is 11.6 Å². The monoisotopic (exact) mass is 442 g/mol. The molecule has 0 amide bonds. The molecule has 0 spiro atoms. The maximum absolute atomic E-state index is 13.0. The van der Waals surface area contributed by atoms with Gasteiger partial charge in [0.15, 0.2) is 5.43 Å². The predicted octanol–water partition coefficient (Wildman–Crippen LogP) is 4.28. The number of para-hydroxylation sites is 1. The summed E-state index contributed by atoms with van der Waals surface area (Å²) < 4.78 is 6.29. The van der Waals surface area contributed by atoms with Crippen LogP contribution in [0.3, 0.4) is 0 Å². The molecule has 4 aromatic rings. The molecule has 0 aliphatic carbocycles. The van der Waals surface area contributed by atoms with Crippen molar-refractivity contribution in [1.82, 2.24) is 9.97 Å². The number of hydrogen-bond acceptors (Lipinski definition) is 7. The number of carboxylic acid groups (broad SMARTS) is 1. The second kappa shape index (κ2) is 8.05. The number of hydrogen-bond donors (Lipinski definition) is 2. The Kier molecular flexibility index (Phi) is 5.05. The Hall–Kier alpha value is -4.20. The third-order valence-electron chi connectivity index (χ3n) is 5.84. The van der Waals surface area contributed by atoms with Crippen molar-refractivity contribution in [3.63, 3.8) is 0 Å². The number of rotatable bonds is 5. The molecule has 0 bridgehead atoms. The van der Waals surface area contributed by atoms with E-state index in [2.05, 4.69) is 15.3 Å². The molecular weight excluding hydrogens is 420 g/mol.